The monoisotopic (exact) mass is 544 g/mol. The molecule has 0 aromatic heterocycles. The summed E-state index contributed by atoms with van der Waals surface area (Å²) in [7, 11) is 0. The van der Waals surface area contributed by atoms with E-state index in [1.54, 1.807) is 0 Å². The highest BCUT2D eigenvalue weighted by Crippen LogP contribution is 2.65. The maximum absolute atomic E-state index is 14.3. The SMILES string of the molecule is CCC1CC(CC)C2CC(CC3C(C(=O)OC(C)(C)C)CC4C(CC)CC(CC)C43)(C(=O)OC(C)(C)C)CC12. The molecule has 0 radical (unpaired) electrons. The largest absolute Gasteiger partial charge is 0.460 e. The first-order valence-corrected chi connectivity index (χ1v) is 16.6. The first-order chi connectivity index (χ1) is 18.2. The van der Waals surface area contributed by atoms with Crippen molar-refractivity contribution < 1.29 is 19.1 Å². The summed E-state index contributed by atoms with van der Waals surface area (Å²) < 4.78 is 12.3. The van der Waals surface area contributed by atoms with Gasteiger partial charge in [0, 0.05) is 0 Å². The van der Waals surface area contributed by atoms with Crippen molar-refractivity contribution in [3.8, 4) is 0 Å². The van der Waals surface area contributed by atoms with Crippen LogP contribution in [-0.4, -0.2) is 23.1 Å². The molecule has 4 rings (SSSR count). The van der Waals surface area contributed by atoms with Crippen LogP contribution in [0.1, 0.15) is 133 Å². The van der Waals surface area contributed by atoms with Crippen molar-refractivity contribution in [2.24, 2.45) is 64.6 Å². The highest BCUT2D eigenvalue weighted by atomic mass is 16.6. The molecule has 0 saturated heterocycles. The van der Waals surface area contributed by atoms with Crippen molar-refractivity contribution in [3.05, 3.63) is 0 Å². The smallest absolute Gasteiger partial charge is 0.312 e. The molecule has 0 bridgehead atoms. The van der Waals surface area contributed by atoms with Gasteiger partial charge in [-0.1, -0.05) is 53.4 Å². The van der Waals surface area contributed by atoms with Gasteiger partial charge in [-0.05, 0) is 133 Å². The maximum atomic E-state index is 14.3. The molecule has 4 fully saturated rings. The van der Waals surface area contributed by atoms with E-state index in [1.165, 1.54) is 32.1 Å². The summed E-state index contributed by atoms with van der Waals surface area (Å²) in [5.74, 6) is 5.14. The molecule has 0 aromatic carbocycles. The lowest BCUT2D eigenvalue weighted by atomic mass is 9.68. The number of hydrogen-bond donors (Lipinski definition) is 0. The molecule has 0 N–H and O–H groups in total. The minimum Gasteiger partial charge on any atom is -0.460 e. The van der Waals surface area contributed by atoms with Gasteiger partial charge in [0.2, 0.25) is 0 Å². The number of fused-ring (bicyclic) bond motifs is 2. The van der Waals surface area contributed by atoms with Crippen LogP contribution in [-0.2, 0) is 19.1 Å². The molecule has 224 valence electrons. The van der Waals surface area contributed by atoms with Gasteiger partial charge in [0.25, 0.3) is 0 Å². The van der Waals surface area contributed by atoms with E-state index >= 15 is 0 Å². The summed E-state index contributed by atoms with van der Waals surface area (Å²) in [4.78, 5) is 28.1. The number of carbonyl (C=O) groups is 2. The molecule has 39 heavy (non-hydrogen) atoms. The van der Waals surface area contributed by atoms with Gasteiger partial charge in [-0.3, -0.25) is 9.59 Å². The first-order valence-electron chi connectivity index (χ1n) is 16.6. The van der Waals surface area contributed by atoms with Crippen LogP contribution >= 0.6 is 0 Å². The molecule has 4 aliphatic carbocycles. The molecular formula is C35H60O4. The topological polar surface area (TPSA) is 52.6 Å². The average Bonchev–Trinajstić information content (AvgIpc) is 3.55. The fourth-order valence-corrected chi connectivity index (χ4v) is 10.2. The van der Waals surface area contributed by atoms with E-state index in [0.717, 1.165) is 32.1 Å². The van der Waals surface area contributed by atoms with Crippen molar-refractivity contribution in [2.45, 2.75) is 145 Å². The van der Waals surface area contributed by atoms with Crippen LogP contribution in [0.4, 0.5) is 0 Å². The van der Waals surface area contributed by atoms with Gasteiger partial charge < -0.3 is 9.47 Å². The summed E-state index contributed by atoms with van der Waals surface area (Å²) >= 11 is 0. The van der Waals surface area contributed by atoms with E-state index < -0.39 is 16.6 Å². The Morgan fingerprint density at radius 1 is 0.667 bits per heavy atom. The van der Waals surface area contributed by atoms with Crippen LogP contribution in [0.5, 0.6) is 0 Å². The molecule has 10 atom stereocenters. The molecular weight excluding hydrogens is 484 g/mol. The molecule has 4 heteroatoms. The molecule has 0 aromatic rings. The highest BCUT2D eigenvalue weighted by Gasteiger charge is 2.62. The zero-order valence-electron chi connectivity index (χ0n) is 27.0. The van der Waals surface area contributed by atoms with E-state index in [2.05, 4.69) is 27.7 Å². The molecule has 4 saturated carbocycles. The van der Waals surface area contributed by atoms with Gasteiger partial charge in [0.1, 0.15) is 11.2 Å². The Balaban J connectivity index is 1.73. The van der Waals surface area contributed by atoms with Crippen LogP contribution in [0.3, 0.4) is 0 Å². The summed E-state index contributed by atoms with van der Waals surface area (Å²) in [6, 6.07) is 0. The Bertz CT molecular complexity index is 860. The Morgan fingerprint density at radius 2 is 1.13 bits per heavy atom. The van der Waals surface area contributed by atoms with E-state index in [1.807, 2.05) is 41.5 Å². The molecule has 0 spiro atoms. The maximum Gasteiger partial charge on any atom is 0.312 e. The Kier molecular flexibility index (Phi) is 8.96. The second kappa shape index (κ2) is 11.3. The summed E-state index contributed by atoms with van der Waals surface area (Å²) in [5, 5.41) is 0. The zero-order chi connectivity index (χ0) is 28.9. The van der Waals surface area contributed by atoms with Crippen LogP contribution in [0.25, 0.3) is 0 Å². The van der Waals surface area contributed by atoms with Crippen molar-refractivity contribution in [1.29, 1.82) is 0 Å². The number of ether oxygens (including phenoxy) is 2. The minimum atomic E-state index is -0.508. The van der Waals surface area contributed by atoms with Crippen LogP contribution in [0, 0.1) is 64.6 Å². The molecule has 0 amide bonds. The fourth-order valence-electron chi connectivity index (χ4n) is 10.2. The van der Waals surface area contributed by atoms with E-state index in [-0.39, 0.29) is 23.8 Å². The van der Waals surface area contributed by atoms with Crippen LogP contribution < -0.4 is 0 Å². The number of rotatable bonds is 8. The molecule has 0 aliphatic heterocycles. The van der Waals surface area contributed by atoms with Gasteiger partial charge in [-0.25, -0.2) is 0 Å². The van der Waals surface area contributed by atoms with E-state index in [4.69, 9.17) is 9.47 Å². The predicted octanol–water partition coefficient (Wildman–Crippen LogP) is 8.85. The zero-order valence-corrected chi connectivity index (χ0v) is 27.0. The van der Waals surface area contributed by atoms with Crippen molar-refractivity contribution >= 4 is 11.9 Å². The van der Waals surface area contributed by atoms with Crippen molar-refractivity contribution in [2.75, 3.05) is 0 Å². The third-order valence-corrected chi connectivity index (χ3v) is 11.7. The lowest BCUT2D eigenvalue weighted by Gasteiger charge is -2.38. The average molecular weight is 545 g/mol. The van der Waals surface area contributed by atoms with Gasteiger partial charge in [-0.15, -0.1) is 0 Å². The quantitative estimate of drug-likeness (QED) is 0.286. The lowest BCUT2D eigenvalue weighted by molar-refractivity contribution is -0.172. The number of esters is 2. The molecule has 10 unspecified atom stereocenters. The molecule has 4 nitrogen and oxygen atoms in total. The van der Waals surface area contributed by atoms with Crippen molar-refractivity contribution in [3.63, 3.8) is 0 Å². The second-order valence-electron chi connectivity index (χ2n) is 16.1. The lowest BCUT2D eigenvalue weighted by Crippen LogP contribution is -2.41. The van der Waals surface area contributed by atoms with Gasteiger partial charge in [0.05, 0.1) is 11.3 Å². The fraction of sp³-hybridized carbons (Fsp3) is 0.943. The standard InChI is InChI=1S/C35H60O4/c1-11-21-16-24(14-4)30-25(21)17-26(31(36)38-33(5,6)7)29(30)20-35(32(37)39-34(8,9)10)18-27-22(12-2)15-23(13-3)28(27)19-35/h21-30H,11-20H2,1-10H3. The summed E-state index contributed by atoms with van der Waals surface area (Å²) in [6.07, 6.45) is 11.0. The van der Waals surface area contributed by atoms with Crippen molar-refractivity contribution in [1.82, 2.24) is 0 Å². The third kappa shape index (κ3) is 6.11. The van der Waals surface area contributed by atoms with Crippen LogP contribution in [0.2, 0.25) is 0 Å². The number of carbonyl (C=O) groups excluding carboxylic acids is 2. The molecule has 0 heterocycles. The van der Waals surface area contributed by atoms with E-state index in [0.29, 0.717) is 47.3 Å². The van der Waals surface area contributed by atoms with Gasteiger partial charge in [-0.2, -0.15) is 0 Å². The minimum absolute atomic E-state index is 0.0126. The highest BCUT2D eigenvalue weighted by molar-refractivity contribution is 5.78. The van der Waals surface area contributed by atoms with Gasteiger partial charge in [0.15, 0.2) is 0 Å². The predicted molar refractivity (Wildman–Crippen MR) is 158 cm³/mol. The van der Waals surface area contributed by atoms with Crippen LogP contribution in [0.15, 0.2) is 0 Å². The second-order valence-corrected chi connectivity index (χ2v) is 16.1. The third-order valence-electron chi connectivity index (χ3n) is 11.7. The normalized spacial score (nSPS) is 41.9. The Morgan fingerprint density at radius 3 is 1.59 bits per heavy atom. The van der Waals surface area contributed by atoms with E-state index in [9.17, 15) is 9.59 Å². The first kappa shape index (κ1) is 30.9. The molecule has 4 aliphatic rings. The summed E-state index contributed by atoms with van der Waals surface area (Å²) in [5.41, 5.74) is -1.48. The Labute approximate surface area is 240 Å². The van der Waals surface area contributed by atoms with Gasteiger partial charge >= 0.3 is 11.9 Å². The Hall–Kier alpha value is -1.06. The number of hydrogen-bond acceptors (Lipinski definition) is 4. The summed E-state index contributed by atoms with van der Waals surface area (Å²) in [6.45, 7) is 21.3.